The molecule has 1 aliphatic rings. The van der Waals surface area contributed by atoms with Gasteiger partial charge >= 0.3 is 0 Å². The zero-order valence-corrected chi connectivity index (χ0v) is 13.2. The molecule has 1 saturated carbocycles. The molecule has 0 spiro atoms. The lowest BCUT2D eigenvalue weighted by molar-refractivity contribution is -0.124. The Morgan fingerprint density at radius 1 is 1.18 bits per heavy atom. The lowest BCUT2D eigenvalue weighted by Gasteiger charge is -2.40. The molecule has 1 N–H and O–H groups in total. The van der Waals surface area contributed by atoms with Crippen molar-refractivity contribution in [3.05, 3.63) is 59.1 Å². The number of carbonyl (C=O) groups is 1. The molecule has 0 atom stereocenters. The van der Waals surface area contributed by atoms with Gasteiger partial charge in [0, 0.05) is 6.07 Å². The van der Waals surface area contributed by atoms with E-state index >= 15 is 0 Å². The van der Waals surface area contributed by atoms with Gasteiger partial charge in [-0.1, -0.05) is 48.4 Å². The van der Waals surface area contributed by atoms with Gasteiger partial charge in [-0.15, -0.1) is 0 Å². The molecule has 0 aliphatic heterocycles. The van der Waals surface area contributed by atoms with Gasteiger partial charge in [-0.05, 0) is 30.5 Å². The topological polar surface area (TPSA) is 38.3 Å². The molecule has 22 heavy (non-hydrogen) atoms. The summed E-state index contributed by atoms with van der Waals surface area (Å²) in [5.74, 6) is 0.682. The van der Waals surface area contributed by atoms with Gasteiger partial charge < -0.3 is 10.1 Å². The number of rotatable bonds is 4. The molecule has 114 valence electrons. The summed E-state index contributed by atoms with van der Waals surface area (Å²) < 4.78 is 5.13. The van der Waals surface area contributed by atoms with Crippen LogP contribution in [0.2, 0.25) is 5.02 Å². The van der Waals surface area contributed by atoms with E-state index in [1.807, 2.05) is 30.3 Å². The third kappa shape index (κ3) is 2.57. The summed E-state index contributed by atoms with van der Waals surface area (Å²) in [6, 6.07) is 15.2. The maximum absolute atomic E-state index is 12.8. The van der Waals surface area contributed by atoms with Gasteiger partial charge in [0.1, 0.15) is 5.75 Å². The fourth-order valence-corrected chi connectivity index (χ4v) is 3.12. The Balaban J connectivity index is 1.84. The Morgan fingerprint density at radius 2 is 1.91 bits per heavy atom. The summed E-state index contributed by atoms with van der Waals surface area (Å²) in [5, 5.41) is 3.46. The second kappa shape index (κ2) is 6.01. The first kappa shape index (κ1) is 14.9. The second-order valence-electron chi connectivity index (χ2n) is 5.60. The second-order valence-corrected chi connectivity index (χ2v) is 6.01. The van der Waals surface area contributed by atoms with Crippen molar-refractivity contribution in [2.45, 2.75) is 24.7 Å². The fraction of sp³-hybridized carbons (Fsp3) is 0.278. The predicted molar refractivity (Wildman–Crippen MR) is 88.6 cm³/mol. The summed E-state index contributed by atoms with van der Waals surface area (Å²) in [5.41, 5.74) is 1.27. The van der Waals surface area contributed by atoms with Crippen LogP contribution in [0.4, 0.5) is 5.69 Å². The number of hydrogen-bond acceptors (Lipinski definition) is 2. The average molecular weight is 316 g/mol. The Labute approximate surface area is 135 Å². The zero-order chi connectivity index (χ0) is 15.6. The first-order valence-electron chi connectivity index (χ1n) is 7.36. The SMILES string of the molecule is COc1ccc(NC(=O)C2(c3ccccc3)CCC2)c(Cl)c1. The van der Waals surface area contributed by atoms with Crippen LogP contribution in [-0.4, -0.2) is 13.0 Å². The largest absolute Gasteiger partial charge is 0.497 e. The fourth-order valence-electron chi connectivity index (χ4n) is 2.90. The maximum Gasteiger partial charge on any atom is 0.235 e. The van der Waals surface area contributed by atoms with E-state index in [1.165, 1.54) is 0 Å². The van der Waals surface area contributed by atoms with Crippen LogP contribution < -0.4 is 10.1 Å². The van der Waals surface area contributed by atoms with Gasteiger partial charge in [0.15, 0.2) is 0 Å². The molecule has 0 unspecified atom stereocenters. The molecule has 1 amide bonds. The average Bonchev–Trinajstić information content (AvgIpc) is 2.49. The van der Waals surface area contributed by atoms with Gasteiger partial charge in [-0.2, -0.15) is 0 Å². The van der Waals surface area contributed by atoms with Crippen molar-refractivity contribution in [3.63, 3.8) is 0 Å². The van der Waals surface area contributed by atoms with E-state index in [-0.39, 0.29) is 5.91 Å². The van der Waals surface area contributed by atoms with Crippen LogP contribution in [0, 0.1) is 0 Å². The van der Waals surface area contributed by atoms with Crippen LogP contribution in [0.1, 0.15) is 24.8 Å². The summed E-state index contributed by atoms with van der Waals surface area (Å²) >= 11 is 6.21. The summed E-state index contributed by atoms with van der Waals surface area (Å²) in [6.45, 7) is 0. The highest BCUT2D eigenvalue weighted by molar-refractivity contribution is 6.34. The third-order valence-electron chi connectivity index (χ3n) is 4.39. The third-order valence-corrected chi connectivity index (χ3v) is 4.71. The molecule has 3 nitrogen and oxygen atoms in total. The molecular formula is C18H18ClNO2. The monoisotopic (exact) mass is 315 g/mol. The molecule has 0 saturated heterocycles. The number of ether oxygens (including phenoxy) is 1. The summed E-state index contributed by atoms with van der Waals surface area (Å²) in [7, 11) is 1.59. The number of nitrogens with one attached hydrogen (secondary N) is 1. The number of hydrogen-bond donors (Lipinski definition) is 1. The van der Waals surface area contributed by atoms with E-state index in [4.69, 9.17) is 16.3 Å². The maximum atomic E-state index is 12.8. The molecule has 3 rings (SSSR count). The lowest BCUT2D eigenvalue weighted by atomic mass is 9.64. The normalized spacial score (nSPS) is 15.7. The van der Waals surface area contributed by atoms with Crippen LogP contribution >= 0.6 is 11.6 Å². The van der Waals surface area contributed by atoms with Gasteiger partial charge in [0.05, 0.1) is 23.2 Å². The molecule has 2 aromatic carbocycles. The highest BCUT2D eigenvalue weighted by atomic mass is 35.5. The van der Waals surface area contributed by atoms with E-state index in [2.05, 4.69) is 5.32 Å². The quantitative estimate of drug-likeness (QED) is 0.907. The van der Waals surface area contributed by atoms with Gasteiger partial charge in [0.25, 0.3) is 0 Å². The van der Waals surface area contributed by atoms with Crippen molar-refractivity contribution in [2.24, 2.45) is 0 Å². The van der Waals surface area contributed by atoms with Gasteiger partial charge in [-0.3, -0.25) is 4.79 Å². The minimum atomic E-state index is -0.426. The number of halogens is 1. The Kier molecular flexibility index (Phi) is 4.08. The first-order chi connectivity index (χ1) is 10.7. The minimum Gasteiger partial charge on any atom is -0.497 e. The lowest BCUT2D eigenvalue weighted by Crippen LogP contribution is -2.46. The highest BCUT2D eigenvalue weighted by Gasteiger charge is 2.45. The van der Waals surface area contributed by atoms with Crippen molar-refractivity contribution in [2.75, 3.05) is 12.4 Å². The van der Waals surface area contributed by atoms with Gasteiger partial charge in [-0.25, -0.2) is 0 Å². The minimum absolute atomic E-state index is 0.0111. The van der Waals surface area contributed by atoms with Crippen molar-refractivity contribution in [1.29, 1.82) is 0 Å². The van der Waals surface area contributed by atoms with Crippen molar-refractivity contribution in [3.8, 4) is 5.75 Å². The Morgan fingerprint density at radius 3 is 2.45 bits per heavy atom. The van der Waals surface area contributed by atoms with E-state index in [9.17, 15) is 4.79 Å². The molecule has 0 heterocycles. The molecule has 0 bridgehead atoms. The number of anilines is 1. The van der Waals surface area contributed by atoms with Crippen LogP contribution in [0.5, 0.6) is 5.75 Å². The van der Waals surface area contributed by atoms with E-state index in [0.717, 1.165) is 24.8 Å². The van der Waals surface area contributed by atoms with E-state index in [0.29, 0.717) is 16.5 Å². The molecular weight excluding hydrogens is 298 g/mol. The molecule has 4 heteroatoms. The Hall–Kier alpha value is -2.00. The molecule has 1 aliphatic carbocycles. The smallest absolute Gasteiger partial charge is 0.235 e. The van der Waals surface area contributed by atoms with Crippen LogP contribution in [0.15, 0.2) is 48.5 Å². The number of carbonyl (C=O) groups excluding carboxylic acids is 1. The van der Waals surface area contributed by atoms with Crippen LogP contribution in [0.25, 0.3) is 0 Å². The van der Waals surface area contributed by atoms with Crippen LogP contribution in [-0.2, 0) is 10.2 Å². The predicted octanol–water partition coefficient (Wildman–Crippen LogP) is 4.41. The number of amides is 1. The summed E-state index contributed by atoms with van der Waals surface area (Å²) in [6.07, 6.45) is 2.81. The van der Waals surface area contributed by atoms with Crippen molar-refractivity contribution in [1.82, 2.24) is 0 Å². The van der Waals surface area contributed by atoms with Crippen molar-refractivity contribution < 1.29 is 9.53 Å². The molecule has 1 fully saturated rings. The highest BCUT2D eigenvalue weighted by Crippen LogP contribution is 2.44. The summed E-state index contributed by atoms with van der Waals surface area (Å²) in [4.78, 5) is 12.8. The molecule has 2 aromatic rings. The Bertz CT molecular complexity index is 681. The standard InChI is InChI=1S/C18H18ClNO2/c1-22-14-8-9-16(15(19)12-14)20-17(21)18(10-5-11-18)13-6-3-2-4-7-13/h2-4,6-9,12H,5,10-11H2,1H3,(H,20,21). The number of methoxy groups -OCH3 is 1. The molecule has 0 aromatic heterocycles. The van der Waals surface area contributed by atoms with Crippen molar-refractivity contribution >= 4 is 23.2 Å². The van der Waals surface area contributed by atoms with E-state index in [1.54, 1.807) is 25.3 Å². The zero-order valence-electron chi connectivity index (χ0n) is 12.4. The van der Waals surface area contributed by atoms with Crippen LogP contribution in [0.3, 0.4) is 0 Å². The first-order valence-corrected chi connectivity index (χ1v) is 7.74. The number of benzene rings is 2. The molecule has 0 radical (unpaired) electrons. The van der Waals surface area contributed by atoms with E-state index < -0.39 is 5.41 Å². The van der Waals surface area contributed by atoms with Gasteiger partial charge in [0.2, 0.25) is 5.91 Å².